The van der Waals surface area contributed by atoms with Crippen molar-refractivity contribution in [3.8, 4) is 0 Å². The molecule has 2 nitrogen and oxygen atoms in total. The zero-order valence-electron chi connectivity index (χ0n) is 10.7. The Balaban J connectivity index is 1.95. The van der Waals surface area contributed by atoms with Crippen molar-refractivity contribution in [1.82, 2.24) is 4.90 Å². The van der Waals surface area contributed by atoms with Crippen LogP contribution in [0.3, 0.4) is 0 Å². The lowest BCUT2D eigenvalue weighted by Crippen LogP contribution is -2.47. The van der Waals surface area contributed by atoms with Gasteiger partial charge in [0.1, 0.15) is 5.78 Å². The average Bonchev–Trinajstić information content (AvgIpc) is 2.68. The van der Waals surface area contributed by atoms with E-state index in [1.54, 1.807) is 6.92 Å². The minimum atomic E-state index is 0.142. The van der Waals surface area contributed by atoms with Crippen LogP contribution in [0.15, 0.2) is 0 Å². The Kier molecular flexibility index (Phi) is 4.01. The molecule has 0 radical (unpaired) electrons. The summed E-state index contributed by atoms with van der Waals surface area (Å²) in [6, 6.07) is 0.836. The topological polar surface area (TPSA) is 20.3 Å². The zero-order valence-corrected chi connectivity index (χ0v) is 10.7. The van der Waals surface area contributed by atoms with Crippen LogP contribution in [-0.2, 0) is 4.79 Å². The summed E-state index contributed by atoms with van der Waals surface area (Å²) in [6.45, 7) is 5.01. The van der Waals surface area contributed by atoms with Gasteiger partial charge in [-0.2, -0.15) is 0 Å². The van der Waals surface area contributed by atoms with Crippen molar-refractivity contribution in [3.05, 3.63) is 0 Å². The molecule has 2 saturated carbocycles. The SMILES string of the molecule is CC(=O)C(C)N(CC1CCC1)C1CCCC1. The van der Waals surface area contributed by atoms with Crippen LogP contribution in [-0.4, -0.2) is 29.3 Å². The van der Waals surface area contributed by atoms with Gasteiger partial charge in [0.15, 0.2) is 0 Å². The highest BCUT2D eigenvalue weighted by Crippen LogP contribution is 2.32. The minimum Gasteiger partial charge on any atom is -0.298 e. The van der Waals surface area contributed by atoms with Crippen LogP contribution in [0.2, 0.25) is 0 Å². The van der Waals surface area contributed by atoms with Crippen LogP contribution in [0, 0.1) is 5.92 Å². The van der Waals surface area contributed by atoms with Gasteiger partial charge in [-0.15, -0.1) is 0 Å². The summed E-state index contributed by atoms with van der Waals surface area (Å²) in [5.41, 5.74) is 0. The van der Waals surface area contributed by atoms with Gasteiger partial charge in [0.2, 0.25) is 0 Å². The number of hydrogen-bond acceptors (Lipinski definition) is 2. The van der Waals surface area contributed by atoms with E-state index in [1.807, 2.05) is 0 Å². The van der Waals surface area contributed by atoms with Crippen molar-refractivity contribution in [2.24, 2.45) is 5.92 Å². The Morgan fingerprint density at radius 1 is 1.19 bits per heavy atom. The molecule has 2 aliphatic rings. The maximum Gasteiger partial charge on any atom is 0.146 e. The molecular formula is C14H25NO. The molecule has 2 aliphatic carbocycles. The van der Waals surface area contributed by atoms with Crippen LogP contribution in [0.5, 0.6) is 0 Å². The average molecular weight is 223 g/mol. The quantitative estimate of drug-likeness (QED) is 0.714. The van der Waals surface area contributed by atoms with Crippen molar-refractivity contribution in [3.63, 3.8) is 0 Å². The maximum atomic E-state index is 11.6. The molecule has 0 saturated heterocycles. The lowest BCUT2D eigenvalue weighted by molar-refractivity contribution is -0.123. The van der Waals surface area contributed by atoms with E-state index in [2.05, 4.69) is 11.8 Å². The maximum absolute atomic E-state index is 11.6. The van der Waals surface area contributed by atoms with Gasteiger partial charge in [-0.25, -0.2) is 0 Å². The molecule has 1 atom stereocenters. The Labute approximate surface area is 99.4 Å². The molecule has 0 amide bonds. The molecule has 16 heavy (non-hydrogen) atoms. The number of rotatable bonds is 5. The monoisotopic (exact) mass is 223 g/mol. The first kappa shape index (κ1) is 12.1. The number of hydrogen-bond donors (Lipinski definition) is 0. The van der Waals surface area contributed by atoms with E-state index >= 15 is 0 Å². The van der Waals surface area contributed by atoms with Crippen molar-refractivity contribution in [1.29, 1.82) is 0 Å². The van der Waals surface area contributed by atoms with E-state index in [0.717, 1.165) is 5.92 Å². The summed E-state index contributed by atoms with van der Waals surface area (Å²) >= 11 is 0. The van der Waals surface area contributed by atoms with E-state index < -0.39 is 0 Å². The van der Waals surface area contributed by atoms with Crippen LogP contribution in [0.25, 0.3) is 0 Å². The molecule has 0 aromatic heterocycles. The predicted molar refractivity (Wildman–Crippen MR) is 66.4 cm³/mol. The van der Waals surface area contributed by atoms with Crippen LogP contribution >= 0.6 is 0 Å². The van der Waals surface area contributed by atoms with Crippen LogP contribution in [0.1, 0.15) is 58.8 Å². The molecule has 0 bridgehead atoms. The molecule has 0 N–H and O–H groups in total. The van der Waals surface area contributed by atoms with E-state index in [9.17, 15) is 4.79 Å². The van der Waals surface area contributed by atoms with Gasteiger partial charge < -0.3 is 0 Å². The number of Topliss-reactive ketones (excluding diaryl/α,β-unsaturated/α-hetero) is 1. The molecule has 2 rings (SSSR count). The summed E-state index contributed by atoms with van der Waals surface area (Å²) in [5.74, 6) is 1.22. The van der Waals surface area contributed by atoms with Crippen molar-refractivity contribution < 1.29 is 4.79 Å². The molecule has 92 valence electrons. The first-order valence-corrected chi connectivity index (χ1v) is 6.94. The molecular weight excluding hydrogens is 198 g/mol. The highest BCUT2D eigenvalue weighted by molar-refractivity contribution is 5.81. The molecule has 2 heteroatoms. The second kappa shape index (κ2) is 5.31. The number of nitrogens with zero attached hydrogens (tertiary/aromatic N) is 1. The summed E-state index contributed by atoms with van der Waals surface area (Å²) in [4.78, 5) is 14.1. The van der Waals surface area contributed by atoms with E-state index in [0.29, 0.717) is 11.8 Å². The van der Waals surface area contributed by atoms with Crippen LogP contribution in [0.4, 0.5) is 0 Å². The van der Waals surface area contributed by atoms with E-state index in [1.165, 1.54) is 51.5 Å². The molecule has 0 aliphatic heterocycles. The fourth-order valence-electron chi connectivity index (χ4n) is 3.07. The second-order valence-corrected chi connectivity index (χ2v) is 5.72. The molecule has 1 unspecified atom stereocenters. The highest BCUT2D eigenvalue weighted by Gasteiger charge is 2.31. The summed E-state index contributed by atoms with van der Waals surface area (Å²) in [5, 5.41) is 0. The Morgan fingerprint density at radius 3 is 2.25 bits per heavy atom. The zero-order chi connectivity index (χ0) is 11.5. The number of carbonyl (C=O) groups is 1. The third kappa shape index (κ3) is 2.65. The molecule has 0 spiro atoms. The van der Waals surface area contributed by atoms with Crippen molar-refractivity contribution >= 4 is 5.78 Å². The van der Waals surface area contributed by atoms with Gasteiger partial charge in [-0.3, -0.25) is 9.69 Å². The van der Waals surface area contributed by atoms with Crippen molar-refractivity contribution in [2.75, 3.05) is 6.54 Å². The smallest absolute Gasteiger partial charge is 0.146 e. The molecule has 0 heterocycles. The Hall–Kier alpha value is -0.370. The van der Waals surface area contributed by atoms with Crippen molar-refractivity contribution in [2.45, 2.75) is 70.9 Å². The minimum absolute atomic E-state index is 0.142. The second-order valence-electron chi connectivity index (χ2n) is 5.72. The highest BCUT2D eigenvalue weighted by atomic mass is 16.1. The fraction of sp³-hybridized carbons (Fsp3) is 0.929. The first-order valence-electron chi connectivity index (χ1n) is 6.94. The standard InChI is InChI=1S/C14H25NO/c1-11(12(2)16)15(10-13-6-5-7-13)14-8-3-4-9-14/h11,13-14H,3-10H2,1-2H3. The largest absolute Gasteiger partial charge is 0.298 e. The third-order valence-electron chi connectivity index (χ3n) is 4.57. The summed E-state index contributed by atoms with van der Waals surface area (Å²) in [6.07, 6.45) is 9.50. The predicted octanol–water partition coefficient (Wildman–Crippen LogP) is 3.01. The van der Waals surface area contributed by atoms with E-state index in [-0.39, 0.29) is 6.04 Å². The molecule has 0 aromatic rings. The van der Waals surface area contributed by atoms with Gasteiger partial charge >= 0.3 is 0 Å². The van der Waals surface area contributed by atoms with Gasteiger partial charge in [-0.1, -0.05) is 19.3 Å². The van der Waals surface area contributed by atoms with Gasteiger partial charge in [0, 0.05) is 12.6 Å². The summed E-state index contributed by atoms with van der Waals surface area (Å²) in [7, 11) is 0. The van der Waals surface area contributed by atoms with E-state index in [4.69, 9.17) is 0 Å². The summed E-state index contributed by atoms with van der Waals surface area (Å²) < 4.78 is 0. The first-order chi connectivity index (χ1) is 7.68. The number of ketones is 1. The number of carbonyl (C=O) groups excluding carboxylic acids is 1. The molecule has 2 fully saturated rings. The molecule has 0 aromatic carbocycles. The van der Waals surface area contributed by atoms with Gasteiger partial charge in [-0.05, 0) is 45.4 Å². The lowest BCUT2D eigenvalue weighted by Gasteiger charge is -2.38. The normalized spacial score (nSPS) is 24.7. The Bertz CT molecular complexity index is 241. The Morgan fingerprint density at radius 2 is 1.81 bits per heavy atom. The third-order valence-corrected chi connectivity index (χ3v) is 4.57. The lowest BCUT2D eigenvalue weighted by atomic mass is 9.84. The van der Waals surface area contributed by atoms with Crippen LogP contribution < -0.4 is 0 Å². The fourth-order valence-corrected chi connectivity index (χ4v) is 3.07. The van der Waals surface area contributed by atoms with Gasteiger partial charge in [0.25, 0.3) is 0 Å². The van der Waals surface area contributed by atoms with Gasteiger partial charge in [0.05, 0.1) is 6.04 Å².